The van der Waals surface area contributed by atoms with Crippen molar-refractivity contribution in [3.63, 3.8) is 0 Å². The summed E-state index contributed by atoms with van der Waals surface area (Å²) in [5.41, 5.74) is 11.1. The van der Waals surface area contributed by atoms with Crippen molar-refractivity contribution in [2.75, 3.05) is 13.7 Å². The van der Waals surface area contributed by atoms with Crippen LogP contribution in [-0.2, 0) is 4.74 Å². The zero-order chi connectivity index (χ0) is 23.9. The molecular formula is C32H39BO. The van der Waals surface area contributed by atoms with Gasteiger partial charge in [0, 0.05) is 13.7 Å². The van der Waals surface area contributed by atoms with Crippen LogP contribution in [0.25, 0.3) is 5.47 Å². The summed E-state index contributed by atoms with van der Waals surface area (Å²) in [5, 5.41) is 0. The van der Waals surface area contributed by atoms with Crippen molar-refractivity contribution in [2.45, 2.75) is 59.3 Å². The molecule has 0 saturated heterocycles. The highest BCUT2D eigenvalue weighted by Crippen LogP contribution is 2.37. The Morgan fingerprint density at radius 2 is 1.18 bits per heavy atom. The highest BCUT2D eigenvalue weighted by atomic mass is 16.5. The van der Waals surface area contributed by atoms with Crippen LogP contribution in [-0.4, -0.2) is 20.4 Å². The fourth-order valence-corrected chi connectivity index (χ4v) is 5.54. The summed E-state index contributed by atoms with van der Waals surface area (Å²) >= 11 is 0. The first-order chi connectivity index (χ1) is 16.6. The zero-order valence-electron chi connectivity index (χ0n) is 21.4. The monoisotopic (exact) mass is 450 g/mol. The second kappa shape index (κ2) is 11.7. The van der Waals surface area contributed by atoms with E-state index in [-0.39, 0.29) is 6.71 Å². The van der Waals surface area contributed by atoms with Gasteiger partial charge in [0.1, 0.15) is 0 Å². The summed E-state index contributed by atoms with van der Waals surface area (Å²) in [7, 11) is 1.83. The molecule has 0 spiro atoms. The van der Waals surface area contributed by atoms with Crippen molar-refractivity contribution in [1.82, 2.24) is 0 Å². The van der Waals surface area contributed by atoms with E-state index < -0.39 is 0 Å². The molecule has 1 nitrogen and oxygen atoms in total. The largest absolute Gasteiger partial charge is 0.384 e. The van der Waals surface area contributed by atoms with Gasteiger partial charge < -0.3 is 4.74 Å². The fourth-order valence-electron chi connectivity index (χ4n) is 5.54. The van der Waals surface area contributed by atoms with E-state index in [0.29, 0.717) is 5.92 Å². The van der Waals surface area contributed by atoms with Crippen LogP contribution in [0.5, 0.6) is 0 Å². The maximum Gasteiger partial charge on any atom is 0.241 e. The molecule has 2 heteroatoms. The Morgan fingerprint density at radius 1 is 0.706 bits per heavy atom. The number of aryl methyl sites for hydroxylation is 3. The summed E-state index contributed by atoms with van der Waals surface area (Å²) in [6.07, 6.45) is 7.63. The number of benzene rings is 3. The Balaban J connectivity index is 1.98. The first-order valence-corrected chi connectivity index (χ1v) is 13.0. The van der Waals surface area contributed by atoms with Gasteiger partial charge in [-0.25, -0.2) is 0 Å². The Labute approximate surface area is 207 Å². The number of hydrogen-bond donors (Lipinski definition) is 0. The standard InChI is InChI=1S/C32H39BO/c1-24-10-16-28(17-11-24)32(31(22-23-34-4)27-8-6-5-7-9-27)33(29-18-12-25(2)13-19-29)30-20-14-26(3)15-21-30/h10-21,27H,5-9,22-23H2,1-4H3/b32-31+. The molecule has 3 aromatic carbocycles. The summed E-state index contributed by atoms with van der Waals surface area (Å²) in [6.45, 7) is 7.51. The molecule has 176 valence electrons. The van der Waals surface area contributed by atoms with Gasteiger partial charge in [0.15, 0.2) is 0 Å². The maximum atomic E-state index is 5.66. The van der Waals surface area contributed by atoms with E-state index in [0.717, 1.165) is 13.0 Å². The first kappa shape index (κ1) is 24.5. The zero-order valence-corrected chi connectivity index (χ0v) is 21.4. The van der Waals surface area contributed by atoms with Crippen molar-refractivity contribution in [1.29, 1.82) is 0 Å². The van der Waals surface area contributed by atoms with Crippen molar-refractivity contribution in [3.05, 3.63) is 101 Å². The third-order valence-electron chi connectivity index (χ3n) is 7.49. The van der Waals surface area contributed by atoms with Gasteiger partial charge in [0.05, 0.1) is 0 Å². The van der Waals surface area contributed by atoms with Gasteiger partial charge in [-0.05, 0) is 51.5 Å². The van der Waals surface area contributed by atoms with E-state index in [2.05, 4.69) is 93.6 Å². The molecule has 0 radical (unpaired) electrons. The molecule has 0 unspecified atom stereocenters. The van der Waals surface area contributed by atoms with E-state index in [1.54, 1.807) is 5.57 Å². The van der Waals surface area contributed by atoms with Crippen LogP contribution in [0, 0.1) is 26.7 Å². The maximum absolute atomic E-state index is 5.66. The van der Waals surface area contributed by atoms with Crippen LogP contribution in [0.2, 0.25) is 0 Å². The Kier molecular flexibility index (Phi) is 8.46. The minimum absolute atomic E-state index is 0.206. The van der Waals surface area contributed by atoms with Gasteiger partial charge >= 0.3 is 0 Å². The predicted molar refractivity (Wildman–Crippen MR) is 149 cm³/mol. The van der Waals surface area contributed by atoms with E-state index in [1.807, 2.05) is 7.11 Å². The minimum atomic E-state index is 0.206. The molecule has 0 aromatic heterocycles. The van der Waals surface area contributed by atoms with Crippen LogP contribution in [0.1, 0.15) is 60.8 Å². The summed E-state index contributed by atoms with van der Waals surface area (Å²) in [4.78, 5) is 0. The van der Waals surface area contributed by atoms with Crippen LogP contribution < -0.4 is 10.9 Å². The minimum Gasteiger partial charge on any atom is -0.384 e. The molecule has 3 aromatic rings. The molecule has 0 aliphatic heterocycles. The van der Waals surface area contributed by atoms with Gasteiger partial charge in [-0.15, -0.1) is 0 Å². The van der Waals surface area contributed by atoms with Crippen LogP contribution in [0.3, 0.4) is 0 Å². The molecule has 1 aliphatic rings. The van der Waals surface area contributed by atoms with Gasteiger partial charge in [0.25, 0.3) is 0 Å². The third kappa shape index (κ3) is 5.91. The molecule has 0 amide bonds. The lowest BCUT2D eigenvalue weighted by Crippen LogP contribution is -2.44. The quantitative estimate of drug-likeness (QED) is 0.342. The lowest BCUT2D eigenvalue weighted by molar-refractivity contribution is 0.198. The van der Waals surface area contributed by atoms with Gasteiger partial charge in [-0.1, -0.05) is 131 Å². The van der Waals surface area contributed by atoms with E-state index >= 15 is 0 Å². The highest BCUT2D eigenvalue weighted by Gasteiger charge is 2.31. The van der Waals surface area contributed by atoms with Crippen molar-refractivity contribution in [2.24, 2.45) is 5.92 Å². The SMILES string of the molecule is COCC/C(=C(\B(c1ccc(C)cc1)c1ccc(C)cc1)c1ccc(C)cc1)C1CCCCC1. The Morgan fingerprint density at radius 3 is 1.65 bits per heavy atom. The molecule has 1 fully saturated rings. The first-order valence-electron chi connectivity index (χ1n) is 13.0. The molecule has 0 atom stereocenters. The highest BCUT2D eigenvalue weighted by molar-refractivity contribution is 6.99. The third-order valence-corrected chi connectivity index (χ3v) is 7.49. The van der Waals surface area contributed by atoms with Crippen molar-refractivity contribution >= 4 is 23.1 Å². The molecular weight excluding hydrogens is 411 g/mol. The van der Waals surface area contributed by atoms with Gasteiger partial charge in [-0.3, -0.25) is 0 Å². The van der Waals surface area contributed by atoms with Crippen LogP contribution in [0.15, 0.2) is 78.4 Å². The fraction of sp³-hybridized carbons (Fsp3) is 0.375. The average Bonchev–Trinajstić information content (AvgIpc) is 2.86. The van der Waals surface area contributed by atoms with Crippen molar-refractivity contribution < 1.29 is 4.74 Å². The predicted octanol–water partition coefficient (Wildman–Crippen LogP) is 6.83. The topological polar surface area (TPSA) is 9.23 Å². The van der Waals surface area contributed by atoms with E-state index in [9.17, 15) is 0 Å². The summed E-state index contributed by atoms with van der Waals surface area (Å²) in [5.74, 6) is 0.638. The van der Waals surface area contributed by atoms with E-state index in [4.69, 9.17) is 4.74 Å². The Hall–Kier alpha value is -2.58. The number of methoxy groups -OCH3 is 1. The molecule has 1 saturated carbocycles. The van der Waals surface area contributed by atoms with Crippen molar-refractivity contribution in [3.8, 4) is 0 Å². The lowest BCUT2D eigenvalue weighted by atomic mass is 9.34. The molecule has 0 bridgehead atoms. The molecule has 0 heterocycles. The van der Waals surface area contributed by atoms with Gasteiger partial charge in [0.2, 0.25) is 6.71 Å². The number of ether oxygens (including phenoxy) is 1. The molecule has 1 aliphatic carbocycles. The second-order valence-corrected chi connectivity index (χ2v) is 10.1. The lowest BCUT2D eigenvalue weighted by Gasteiger charge is -2.31. The summed E-state index contributed by atoms with van der Waals surface area (Å²) < 4.78 is 5.66. The van der Waals surface area contributed by atoms with Crippen LogP contribution >= 0.6 is 0 Å². The second-order valence-electron chi connectivity index (χ2n) is 10.1. The number of rotatable bonds is 8. The molecule has 4 rings (SSSR count). The van der Waals surface area contributed by atoms with Gasteiger partial charge in [-0.2, -0.15) is 0 Å². The normalized spacial score (nSPS) is 15.2. The average molecular weight is 450 g/mol. The molecule has 0 N–H and O–H groups in total. The Bertz CT molecular complexity index is 1030. The van der Waals surface area contributed by atoms with E-state index in [1.165, 1.54) is 70.8 Å². The summed E-state index contributed by atoms with van der Waals surface area (Å²) in [6, 6.07) is 27.6. The molecule has 34 heavy (non-hydrogen) atoms. The van der Waals surface area contributed by atoms with Crippen LogP contribution in [0.4, 0.5) is 0 Å². The smallest absolute Gasteiger partial charge is 0.241 e. The number of hydrogen-bond acceptors (Lipinski definition) is 1.